The molecule has 1 aromatic rings. The second-order valence-electron chi connectivity index (χ2n) is 6.61. The van der Waals surface area contributed by atoms with Crippen molar-refractivity contribution in [2.45, 2.75) is 48.5 Å². The summed E-state index contributed by atoms with van der Waals surface area (Å²) in [4.78, 5) is 35.6. The van der Waals surface area contributed by atoms with Crippen LogP contribution in [-0.4, -0.2) is 30.2 Å². The number of benzene rings is 1. The topological polar surface area (TPSA) is 142 Å². The molecule has 0 amide bonds. The number of methoxy groups -OCH3 is 1. The van der Waals surface area contributed by atoms with Crippen LogP contribution in [0.3, 0.4) is 0 Å². The van der Waals surface area contributed by atoms with Crippen LogP contribution in [0.1, 0.15) is 48.5 Å². The molecule has 0 saturated heterocycles. The van der Waals surface area contributed by atoms with Gasteiger partial charge in [-0.3, -0.25) is 19.4 Å². The molecule has 0 heterocycles. The Hall–Kier alpha value is -3.06. The Morgan fingerprint density at radius 1 is 0.788 bits per heavy atom. The molecule has 1 rings (SSSR count). The number of ketones is 3. The molecular weight excluding hydrogens is 515 g/mol. The fourth-order valence-electron chi connectivity index (χ4n) is 2.24. The van der Waals surface area contributed by atoms with E-state index in [4.69, 9.17) is 4.74 Å². The third-order valence-corrected chi connectivity index (χ3v) is 3.25. The van der Waals surface area contributed by atoms with Gasteiger partial charge in [0.2, 0.25) is 0 Å². The van der Waals surface area contributed by atoms with Crippen LogP contribution in [0.25, 0.3) is 0 Å². The number of nitrogens with zero attached hydrogens (tertiary/aromatic N) is 1. The summed E-state index contributed by atoms with van der Waals surface area (Å²) < 4.78 is 5.04. The number of aliphatic imine (C=N–C) groups is 1. The van der Waals surface area contributed by atoms with E-state index < -0.39 is 0 Å². The van der Waals surface area contributed by atoms with Crippen molar-refractivity contribution >= 4 is 28.7 Å². The number of hydrogen-bond acceptors (Lipinski definition) is 8. The Kier molecular flexibility index (Phi) is 19.4. The maximum Gasteiger partial charge on any atom is 3.00 e. The minimum Gasteiger partial charge on any atom is -0.876 e. The van der Waals surface area contributed by atoms with E-state index in [0.717, 1.165) is 17.9 Å². The van der Waals surface area contributed by atoms with Crippen LogP contribution in [0.5, 0.6) is 5.75 Å². The Labute approximate surface area is 208 Å². The fourth-order valence-corrected chi connectivity index (χ4v) is 2.24. The van der Waals surface area contributed by atoms with Crippen LogP contribution in [0.15, 0.2) is 64.3 Å². The van der Waals surface area contributed by atoms with Crippen molar-refractivity contribution in [3.8, 4) is 5.75 Å². The van der Waals surface area contributed by atoms with Gasteiger partial charge in [0.1, 0.15) is 5.75 Å². The van der Waals surface area contributed by atoms with Gasteiger partial charge in [0, 0.05) is 11.3 Å². The smallest absolute Gasteiger partial charge is 0.876 e. The van der Waals surface area contributed by atoms with Crippen molar-refractivity contribution in [1.82, 2.24) is 0 Å². The van der Waals surface area contributed by atoms with Crippen LogP contribution in [0.4, 0.5) is 5.69 Å². The molecule has 0 bridgehead atoms. The number of hydrogen-bond donors (Lipinski definition) is 0. The number of carbonyl (C=O) groups excluding carboxylic acids is 3. The van der Waals surface area contributed by atoms with Gasteiger partial charge in [0.25, 0.3) is 0 Å². The molecule has 0 unspecified atom stereocenters. The normalized spacial score (nSPS) is 11.9. The van der Waals surface area contributed by atoms with Gasteiger partial charge in [-0.05, 0) is 64.1 Å². The average molecular weight is 546 g/mol. The van der Waals surface area contributed by atoms with Crippen molar-refractivity contribution in [1.29, 1.82) is 0 Å². The van der Waals surface area contributed by atoms with Crippen LogP contribution < -0.4 is 20.1 Å². The summed E-state index contributed by atoms with van der Waals surface area (Å²) in [5.41, 5.74) is 1.25. The largest absolute Gasteiger partial charge is 3.00 e. The molecule has 1 radical (unpaired) electrons. The van der Waals surface area contributed by atoms with Gasteiger partial charge in [-0.1, -0.05) is 20.8 Å². The van der Waals surface area contributed by atoms with Crippen LogP contribution >= 0.6 is 0 Å². The van der Waals surface area contributed by atoms with E-state index in [1.54, 1.807) is 38.3 Å². The first kappa shape index (κ1) is 34.6. The minimum atomic E-state index is -0.266. The van der Waals surface area contributed by atoms with Crippen molar-refractivity contribution in [2.75, 3.05) is 7.11 Å². The first-order valence-corrected chi connectivity index (χ1v) is 9.51. The molecule has 8 nitrogen and oxygen atoms in total. The van der Waals surface area contributed by atoms with Gasteiger partial charge < -0.3 is 20.1 Å². The van der Waals surface area contributed by atoms with Crippen LogP contribution in [0.2, 0.25) is 0 Å². The third kappa shape index (κ3) is 19.4. The van der Waals surface area contributed by atoms with Crippen molar-refractivity contribution in [2.24, 2.45) is 4.99 Å². The second kappa shape index (κ2) is 18.5. The van der Waals surface area contributed by atoms with Gasteiger partial charge in [0.05, 0.1) is 12.8 Å². The van der Waals surface area contributed by atoms with E-state index in [0.29, 0.717) is 11.4 Å². The average Bonchev–Trinajstić information content (AvgIpc) is 2.60. The summed E-state index contributed by atoms with van der Waals surface area (Å²) in [6, 6.07) is 7.07. The Balaban J connectivity index is -0.000000498. The number of allylic oxidation sites excluding steroid dienone is 6. The van der Waals surface area contributed by atoms with Gasteiger partial charge in [-0.15, -0.1) is 17.3 Å². The summed E-state index contributed by atoms with van der Waals surface area (Å²) in [5.74, 6) is -0.552. The summed E-state index contributed by atoms with van der Waals surface area (Å²) >= 11 is 0. The third-order valence-electron chi connectivity index (χ3n) is 3.25. The van der Waals surface area contributed by atoms with Gasteiger partial charge in [-0.2, -0.15) is 0 Å². The Morgan fingerprint density at radius 3 is 1.39 bits per heavy atom. The molecule has 0 aliphatic heterocycles. The monoisotopic (exact) mass is 546 g/mol. The van der Waals surface area contributed by atoms with Gasteiger partial charge >= 0.3 is 19.5 Å². The molecule has 0 fully saturated rings. The number of carbonyl (C=O) groups is 3. The molecule has 0 aliphatic carbocycles. The van der Waals surface area contributed by atoms with E-state index in [2.05, 4.69) is 4.99 Å². The molecule has 0 atom stereocenters. The predicted octanol–water partition coefficient (Wildman–Crippen LogP) is 1.69. The maximum atomic E-state index is 11.4. The maximum absolute atomic E-state index is 11.4. The van der Waals surface area contributed by atoms with Crippen molar-refractivity contribution < 1.29 is 53.9 Å². The number of ether oxygens (including phenoxy) is 1. The second-order valence-corrected chi connectivity index (χ2v) is 6.61. The first-order valence-electron chi connectivity index (χ1n) is 9.51. The van der Waals surface area contributed by atoms with Crippen LogP contribution in [0, 0.1) is 0 Å². The zero-order chi connectivity index (χ0) is 25.4. The molecule has 0 spiro atoms. The van der Waals surface area contributed by atoms with Gasteiger partial charge in [-0.25, -0.2) is 0 Å². The van der Waals surface area contributed by atoms with Crippen molar-refractivity contribution in [3.05, 3.63) is 59.3 Å². The summed E-state index contributed by atoms with van der Waals surface area (Å²) in [5, 5.41) is 31.3. The Morgan fingerprint density at radius 2 is 1.18 bits per heavy atom. The van der Waals surface area contributed by atoms with E-state index in [-0.39, 0.29) is 59.7 Å². The molecule has 181 valence electrons. The molecule has 33 heavy (non-hydrogen) atoms. The molecule has 0 aliphatic rings. The molecule has 9 heteroatoms. The van der Waals surface area contributed by atoms with E-state index in [1.165, 1.54) is 41.5 Å². The molecule has 0 aromatic heterocycles. The predicted molar refractivity (Wildman–Crippen MR) is 118 cm³/mol. The summed E-state index contributed by atoms with van der Waals surface area (Å²) in [6.45, 7) is 9.78. The Bertz CT molecular complexity index is 871. The molecular formula is C24H30NO7Ru. The number of rotatable bonds is 6. The van der Waals surface area contributed by atoms with E-state index in [1.807, 2.05) is 0 Å². The SMILES string of the molecule is CC(=O)/C=C(/C)[O-].CC(=O)/C=C(/C)[O-].COc1ccc(N=C(C)/C(C(C)=O)=C(/C)[O-])cc1.[Ru+3]. The van der Waals surface area contributed by atoms with Crippen LogP contribution in [-0.2, 0) is 33.9 Å². The standard InChI is InChI=1S/C14H17NO3.2C5H8O2.Ru/c1-9(14(10(2)16)11(3)17)15-12-5-7-13(18-4)8-6-12;2*1-4(6)3-5(2)7;/h5-8,16H,1-4H3;2*3,6H,1-2H3;/q;;;+3/p-3/b14-10+,15-9?;2*4-3-;. The zero-order valence-electron chi connectivity index (χ0n) is 20.1. The van der Waals surface area contributed by atoms with E-state index in [9.17, 15) is 29.7 Å². The zero-order valence-corrected chi connectivity index (χ0v) is 21.9. The first-order chi connectivity index (χ1) is 14.7. The molecule has 0 N–H and O–H groups in total. The quantitative estimate of drug-likeness (QED) is 0.229. The fraction of sp³-hybridized carbons (Fsp3) is 0.333. The van der Waals surface area contributed by atoms with Gasteiger partial charge in [0.15, 0.2) is 17.3 Å². The van der Waals surface area contributed by atoms with Crippen molar-refractivity contribution in [3.63, 3.8) is 0 Å². The number of Topliss-reactive ketones (excluding diaryl/α,β-unsaturated/α-hetero) is 1. The van der Waals surface area contributed by atoms with E-state index >= 15 is 0 Å². The summed E-state index contributed by atoms with van der Waals surface area (Å²) in [7, 11) is 1.58. The minimum absolute atomic E-state index is 0. The summed E-state index contributed by atoms with van der Waals surface area (Å²) in [6.07, 6.45) is 2.11. The molecule has 1 aromatic carbocycles. The molecule has 0 saturated carbocycles.